The minimum Gasteiger partial charge on any atom is -0.478 e. The van der Waals surface area contributed by atoms with Gasteiger partial charge in [0, 0.05) is 17.8 Å². The van der Waals surface area contributed by atoms with Gasteiger partial charge in [0.05, 0.1) is 23.7 Å². The summed E-state index contributed by atoms with van der Waals surface area (Å²) >= 11 is 0. The fraction of sp³-hybridized carbons (Fsp3) is 0.632. The SMILES string of the molecule is O=C(O)c1cc(N[C@H]2O[C@H](CO)[C@@H](O[C@H]3O[C@@H](CO)[C@H](O)[C@@H](O)[C@@H]3O)[C@H](O)[C@@H]2O)cc([N+](=O)[O-])c1. The third-order valence-electron chi connectivity index (χ3n) is 5.69. The van der Waals surface area contributed by atoms with Crippen molar-refractivity contribution in [1.82, 2.24) is 0 Å². The minimum atomic E-state index is -1.83. The lowest BCUT2D eigenvalue weighted by atomic mass is 9.96. The number of nitro benzene ring substituents is 1. The van der Waals surface area contributed by atoms with Gasteiger partial charge in [0.25, 0.3) is 5.69 Å². The van der Waals surface area contributed by atoms with E-state index in [0.717, 1.165) is 18.2 Å². The minimum absolute atomic E-state index is 0.141. The van der Waals surface area contributed by atoms with E-state index in [4.69, 9.17) is 14.2 Å². The lowest BCUT2D eigenvalue weighted by molar-refractivity contribution is -0.384. The predicted molar refractivity (Wildman–Crippen MR) is 110 cm³/mol. The molecule has 1 aromatic carbocycles. The molecule has 2 aliphatic heterocycles. The van der Waals surface area contributed by atoms with Crippen molar-refractivity contribution in [2.45, 2.75) is 61.3 Å². The Morgan fingerprint density at radius 1 is 0.943 bits per heavy atom. The summed E-state index contributed by atoms with van der Waals surface area (Å²) in [6.07, 6.45) is -16.3. The van der Waals surface area contributed by atoms with Gasteiger partial charge in [0.15, 0.2) is 12.5 Å². The van der Waals surface area contributed by atoms with E-state index >= 15 is 0 Å². The zero-order valence-electron chi connectivity index (χ0n) is 17.9. The van der Waals surface area contributed by atoms with Crippen LogP contribution in [0.3, 0.4) is 0 Å². The molecule has 0 radical (unpaired) electrons. The number of hydrogen-bond acceptors (Lipinski definition) is 14. The van der Waals surface area contributed by atoms with Gasteiger partial charge in [-0.25, -0.2) is 4.79 Å². The summed E-state index contributed by atoms with van der Waals surface area (Å²) < 4.78 is 16.1. The van der Waals surface area contributed by atoms with Gasteiger partial charge < -0.3 is 60.4 Å². The van der Waals surface area contributed by atoms with Gasteiger partial charge in [0.2, 0.25) is 0 Å². The summed E-state index contributed by atoms with van der Waals surface area (Å²) in [7, 11) is 0. The van der Waals surface area contributed by atoms with Gasteiger partial charge >= 0.3 is 5.97 Å². The zero-order valence-corrected chi connectivity index (χ0v) is 17.9. The highest BCUT2D eigenvalue weighted by Gasteiger charge is 2.50. The molecule has 35 heavy (non-hydrogen) atoms. The monoisotopic (exact) mass is 506 g/mol. The molecule has 0 unspecified atom stereocenters. The molecule has 2 aliphatic rings. The maximum atomic E-state index is 11.3. The second kappa shape index (κ2) is 11.0. The molecule has 0 aromatic heterocycles. The van der Waals surface area contributed by atoms with E-state index in [1.54, 1.807) is 0 Å². The number of nitrogens with one attached hydrogen (secondary N) is 1. The highest BCUT2D eigenvalue weighted by molar-refractivity contribution is 5.90. The number of rotatable bonds is 8. The van der Waals surface area contributed by atoms with Gasteiger partial charge in [-0.15, -0.1) is 0 Å². The molecule has 0 aliphatic carbocycles. The van der Waals surface area contributed by atoms with Crippen LogP contribution in [-0.4, -0.2) is 126 Å². The molecule has 16 heteroatoms. The maximum Gasteiger partial charge on any atom is 0.336 e. The van der Waals surface area contributed by atoms with Crippen LogP contribution in [0.1, 0.15) is 10.4 Å². The Morgan fingerprint density at radius 2 is 1.60 bits per heavy atom. The molecule has 2 heterocycles. The van der Waals surface area contributed by atoms with Gasteiger partial charge in [0.1, 0.15) is 48.8 Å². The molecule has 196 valence electrons. The standard InChI is InChI=1S/C19H26N2O14/c22-4-9-11(24)12(25)15(28)19(34-9)35-16-10(5-23)33-17(14(27)13(16)26)20-7-1-6(18(29)30)2-8(3-7)21(31)32/h1-3,9-17,19-20,22-28H,4-5H2,(H,29,30)/t9-,10+,11-,12+,13+,14-,15-,16+,17-,19+/m0/s1. The average molecular weight is 506 g/mol. The number of non-ortho nitro benzene ring substituents is 1. The third kappa shape index (κ3) is 5.67. The second-order valence-corrected chi connectivity index (χ2v) is 8.03. The van der Waals surface area contributed by atoms with Crippen LogP contribution in [0.2, 0.25) is 0 Å². The van der Waals surface area contributed by atoms with Crippen molar-refractivity contribution in [3.8, 4) is 0 Å². The molecule has 16 nitrogen and oxygen atoms in total. The average Bonchev–Trinajstić information content (AvgIpc) is 2.83. The first-order valence-electron chi connectivity index (χ1n) is 10.4. The molecule has 0 saturated carbocycles. The molecular weight excluding hydrogens is 480 g/mol. The zero-order chi connectivity index (χ0) is 26.0. The summed E-state index contributed by atoms with van der Waals surface area (Å²) in [5, 5.41) is 92.9. The Morgan fingerprint density at radius 3 is 2.17 bits per heavy atom. The summed E-state index contributed by atoms with van der Waals surface area (Å²) in [6.45, 7) is -1.53. The van der Waals surface area contributed by atoms with Crippen LogP contribution >= 0.6 is 0 Å². The van der Waals surface area contributed by atoms with E-state index in [1.165, 1.54) is 0 Å². The van der Waals surface area contributed by atoms with Crippen molar-refractivity contribution < 1.29 is 64.8 Å². The smallest absolute Gasteiger partial charge is 0.336 e. The van der Waals surface area contributed by atoms with Crippen LogP contribution in [0.25, 0.3) is 0 Å². The van der Waals surface area contributed by atoms with Crippen LogP contribution in [0, 0.1) is 10.1 Å². The first-order chi connectivity index (χ1) is 16.5. The molecule has 0 bridgehead atoms. The van der Waals surface area contributed by atoms with Gasteiger partial charge in [-0.1, -0.05) is 0 Å². The molecule has 2 saturated heterocycles. The molecule has 3 rings (SSSR count). The highest BCUT2D eigenvalue weighted by atomic mass is 16.7. The maximum absolute atomic E-state index is 11.3. The number of ether oxygens (including phenoxy) is 3. The van der Waals surface area contributed by atoms with Gasteiger partial charge in [-0.05, 0) is 6.07 Å². The van der Waals surface area contributed by atoms with Gasteiger partial charge in [-0.3, -0.25) is 10.1 Å². The van der Waals surface area contributed by atoms with Gasteiger partial charge in [-0.2, -0.15) is 0 Å². The predicted octanol–water partition coefficient (Wildman–Crippen LogP) is -3.67. The van der Waals surface area contributed by atoms with Crippen LogP contribution in [0.15, 0.2) is 18.2 Å². The number of benzene rings is 1. The quantitative estimate of drug-likeness (QED) is 0.121. The van der Waals surface area contributed by atoms with E-state index < -0.39 is 96.7 Å². The number of carboxylic acids is 1. The fourth-order valence-electron chi connectivity index (χ4n) is 3.80. The summed E-state index contributed by atoms with van der Waals surface area (Å²) in [6, 6.07) is 2.82. The Balaban J connectivity index is 1.78. The van der Waals surface area contributed by atoms with E-state index in [2.05, 4.69) is 5.32 Å². The number of carboxylic acid groups (broad SMARTS) is 1. The number of aliphatic hydroxyl groups is 7. The number of hydrogen-bond donors (Lipinski definition) is 9. The largest absolute Gasteiger partial charge is 0.478 e. The number of carbonyl (C=O) groups is 1. The van der Waals surface area contributed by atoms with Crippen molar-refractivity contribution >= 4 is 17.3 Å². The Kier molecular flexibility index (Phi) is 8.54. The van der Waals surface area contributed by atoms with Crippen molar-refractivity contribution in [2.24, 2.45) is 0 Å². The normalized spacial score (nSPS) is 37.6. The van der Waals surface area contributed by atoms with Crippen LogP contribution in [0.4, 0.5) is 11.4 Å². The number of aromatic carboxylic acids is 1. The summed E-state index contributed by atoms with van der Waals surface area (Å²) in [5.74, 6) is -1.46. The molecule has 0 amide bonds. The van der Waals surface area contributed by atoms with Crippen LogP contribution in [-0.2, 0) is 14.2 Å². The highest BCUT2D eigenvalue weighted by Crippen LogP contribution is 2.30. The van der Waals surface area contributed by atoms with Crippen LogP contribution < -0.4 is 5.32 Å². The molecule has 2 fully saturated rings. The summed E-state index contributed by atoms with van der Waals surface area (Å²) in [4.78, 5) is 21.6. The lowest BCUT2D eigenvalue weighted by Crippen LogP contribution is -2.65. The van der Waals surface area contributed by atoms with E-state index in [1.807, 2.05) is 0 Å². The molecular formula is C19H26N2O14. The van der Waals surface area contributed by atoms with Crippen molar-refractivity contribution in [3.63, 3.8) is 0 Å². The molecule has 1 aromatic rings. The topological polar surface area (TPSA) is 262 Å². The number of anilines is 1. The second-order valence-electron chi connectivity index (χ2n) is 8.03. The van der Waals surface area contributed by atoms with Crippen molar-refractivity contribution in [1.29, 1.82) is 0 Å². The van der Waals surface area contributed by atoms with E-state index in [0.29, 0.717) is 0 Å². The number of nitrogens with zero attached hydrogens (tertiary/aromatic N) is 1. The van der Waals surface area contributed by atoms with E-state index in [9.17, 15) is 55.8 Å². The Bertz CT molecular complexity index is 881. The molecule has 0 spiro atoms. The Labute approximate surface area is 196 Å². The first-order valence-corrected chi connectivity index (χ1v) is 10.4. The fourth-order valence-corrected chi connectivity index (χ4v) is 3.80. The first kappa shape index (κ1) is 27.1. The molecule has 10 atom stereocenters. The lowest BCUT2D eigenvalue weighted by Gasteiger charge is -2.46. The van der Waals surface area contributed by atoms with E-state index in [-0.39, 0.29) is 5.69 Å². The third-order valence-corrected chi connectivity index (χ3v) is 5.69. The number of aliphatic hydroxyl groups excluding tert-OH is 7. The molecule has 9 N–H and O–H groups in total. The summed E-state index contributed by atoms with van der Waals surface area (Å²) in [5.41, 5.74) is -1.14. The van der Waals surface area contributed by atoms with Crippen molar-refractivity contribution in [2.75, 3.05) is 18.5 Å². The number of nitro groups is 1. The van der Waals surface area contributed by atoms with Crippen LogP contribution in [0.5, 0.6) is 0 Å². The Hall–Kier alpha value is -2.51. The van der Waals surface area contributed by atoms with Crippen molar-refractivity contribution in [3.05, 3.63) is 33.9 Å².